The fraction of sp³-hybridized carbons (Fsp3) is 0.636. The summed E-state index contributed by atoms with van der Waals surface area (Å²) in [7, 11) is 0. The molecule has 0 saturated carbocycles. The Morgan fingerprint density at radius 2 is 2.00 bits per heavy atom. The van der Waals surface area contributed by atoms with Crippen LogP contribution < -0.4 is 10.1 Å². The third kappa shape index (κ3) is 4.02. The van der Waals surface area contributed by atoms with E-state index in [1.165, 1.54) is 0 Å². The van der Waals surface area contributed by atoms with E-state index >= 15 is 0 Å². The number of nitrogens with zero attached hydrogens (tertiary/aromatic N) is 2. The molecule has 1 aromatic rings. The van der Waals surface area contributed by atoms with Crippen LogP contribution in [0.1, 0.15) is 20.8 Å². The number of aliphatic hydroxyl groups is 1. The summed E-state index contributed by atoms with van der Waals surface area (Å²) in [6, 6.07) is 0. The number of hydrogen-bond acceptors (Lipinski definition) is 5. The second-order valence-electron chi connectivity index (χ2n) is 4.05. The second kappa shape index (κ2) is 6.27. The van der Waals surface area contributed by atoms with E-state index in [2.05, 4.69) is 15.3 Å². The molecule has 0 aliphatic rings. The maximum Gasteiger partial charge on any atom is 0.257 e. The van der Waals surface area contributed by atoms with Gasteiger partial charge >= 0.3 is 0 Å². The van der Waals surface area contributed by atoms with Crippen LogP contribution in [0.25, 0.3) is 0 Å². The maximum atomic E-state index is 8.92. The summed E-state index contributed by atoms with van der Waals surface area (Å²) in [6.45, 7) is 6.62. The van der Waals surface area contributed by atoms with Crippen molar-refractivity contribution < 1.29 is 9.84 Å². The molecule has 0 aromatic carbocycles. The molecule has 16 heavy (non-hydrogen) atoms. The zero-order valence-electron chi connectivity index (χ0n) is 9.97. The summed E-state index contributed by atoms with van der Waals surface area (Å²) in [4.78, 5) is 8.27. The Bertz CT molecular complexity index is 318. The molecule has 0 fully saturated rings. The molecule has 0 bridgehead atoms. The van der Waals surface area contributed by atoms with Gasteiger partial charge in [0, 0.05) is 25.5 Å². The van der Waals surface area contributed by atoms with Gasteiger partial charge in [0.25, 0.3) is 5.88 Å². The molecule has 90 valence electrons. The Balaban J connectivity index is 2.63. The molecule has 0 saturated heterocycles. The van der Waals surface area contributed by atoms with Crippen molar-refractivity contribution in [1.82, 2.24) is 9.97 Å². The van der Waals surface area contributed by atoms with E-state index in [9.17, 15) is 0 Å². The van der Waals surface area contributed by atoms with Crippen molar-refractivity contribution in [2.24, 2.45) is 5.92 Å². The molecule has 1 aromatic heterocycles. The number of aromatic nitrogens is 2. The highest BCUT2D eigenvalue weighted by atomic mass is 16.5. The van der Waals surface area contributed by atoms with Crippen molar-refractivity contribution in [3.05, 3.63) is 12.4 Å². The monoisotopic (exact) mass is 225 g/mol. The highest BCUT2D eigenvalue weighted by molar-refractivity contribution is 5.44. The van der Waals surface area contributed by atoms with Crippen molar-refractivity contribution in [1.29, 1.82) is 0 Å². The van der Waals surface area contributed by atoms with Gasteiger partial charge in [-0.25, -0.2) is 9.97 Å². The molecule has 5 nitrogen and oxygen atoms in total. The van der Waals surface area contributed by atoms with Gasteiger partial charge in [0.2, 0.25) is 0 Å². The molecule has 1 unspecified atom stereocenters. The van der Waals surface area contributed by atoms with Gasteiger partial charge in [0.05, 0.1) is 6.10 Å². The lowest BCUT2D eigenvalue weighted by Crippen LogP contribution is -2.17. The van der Waals surface area contributed by atoms with E-state index < -0.39 is 0 Å². The second-order valence-corrected chi connectivity index (χ2v) is 4.05. The van der Waals surface area contributed by atoms with E-state index in [-0.39, 0.29) is 18.6 Å². The minimum absolute atomic E-state index is 0.0625. The SMILES string of the molecule is CC(CO)CNc1nccnc1OC(C)C. The molecule has 5 heteroatoms. The van der Waals surface area contributed by atoms with Gasteiger partial charge < -0.3 is 15.2 Å². The molecule has 0 aliphatic carbocycles. The highest BCUT2D eigenvalue weighted by Crippen LogP contribution is 2.18. The Labute approximate surface area is 95.9 Å². The zero-order chi connectivity index (χ0) is 12.0. The first kappa shape index (κ1) is 12.7. The van der Waals surface area contributed by atoms with Gasteiger partial charge in [-0.1, -0.05) is 6.92 Å². The van der Waals surface area contributed by atoms with Gasteiger partial charge in [-0.05, 0) is 19.8 Å². The van der Waals surface area contributed by atoms with Crippen molar-refractivity contribution in [2.45, 2.75) is 26.9 Å². The maximum absolute atomic E-state index is 8.92. The topological polar surface area (TPSA) is 67.3 Å². The van der Waals surface area contributed by atoms with Gasteiger partial charge in [-0.2, -0.15) is 0 Å². The lowest BCUT2D eigenvalue weighted by molar-refractivity contribution is 0.231. The number of aliphatic hydroxyl groups excluding tert-OH is 1. The van der Waals surface area contributed by atoms with Crippen LogP contribution in [-0.2, 0) is 0 Å². The van der Waals surface area contributed by atoms with Crippen molar-refractivity contribution in [3.63, 3.8) is 0 Å². The first-order chi connectivity index (χ1) is 7.63. The molecule has 1 rings (SSSR count). The normalized spacial score (nSPS) is 12.6. The summed E-state index contributed by atoms with van der Waals surface area (Å²) in [6.07, 6.45) is 3.27. The van der Waals surface area contributed by atoms with E-state index in [4.69, 9.17) is 9.84 Å². The van der Waals surface area contributed by atoms with Crippen LogP contribution >= 0.6 is 0 Å². The van der Waals surface area contributed by atoms with Gasteiger partial charge in [-0.3, -0.25) is 0 Å². The largest absolute Gasteiger partial charge is 0.472 e. The fourth-order valence-electron chi connectivity index (χ4n) is 1.09. The number of rotatable bonds is 6. The minimum Gasteiger partial charge on any atom is -0.472 e. The van der Waals surface area contributed by atoms with Crippen LogP contribution in [-0.4, -0.2) is 34.3 Å². The number of hydrogen-bond donors (Lipinski definition) is 2. The smallest absolute Gasteiger partial charge is 0.257 e. The molecule has 0 spiro atoms. The Kier molecular flexibility index (Phi) is 4.98. The first-order valence-corrected chi connectivity index (χ1v) is 5.46. The Hall–Kier alpha value is -1.36. The summed E-state index contributed by atoms with van der Waals surface area (Å²) in [5.74, 6) is 1.30. The van der Waals surface area contributed by atoms with Gasteiger partial charge in [-0.15, -0.1) is 0 Å². The molecule has 2 N–H and O–H groups in total. The van der Waals surface area contributed by atoms with Crippen LogP contribution in [0.2, 0.25) is 0 Å². The van der Waals surface area contributed by atoms with E-state index in [1.54, 1.807) is 12.4 Å². The van der Waals surface area contributed by atoms with Crippen molar-refractivity contribution in [2.75, 3.05) is 18.5 Å². The van der Waals surface area contributed by atoms with Crippen LogP contribution in [0.3, 0.4) is 0 Å². The third-order valence-electron chi connectivity index (χ3n) is 1.94. The van der Waals surface area contributed by atoms with Gasteiger partial charge in [0.1, 0.15) is 0 Å². The summed E-state index contributed by atoms with van der Waals surface area (Å²) >= 11 is 0. The number of nitrogens with one attached hydrogen (secondary N) is 1. The predicted octanol–water partition coefficient (Wildman–Crippen LogP) is 1.30. The Morgan fingerprint density at radius 3 is 2.62 bits per heavy atom. The van der Waals surface area contributed by atoms with Crippen molar-refractivity contribution in [3.8, 4) is 5.88 Å². The molecule has 1 heterocycles. The first-order valence-electron chi connectivity index (χ1n) is 5.46. The fourth-order valence-corrected chi connectivity index (χ4v) is 1.09. The Morgan fingerprint density at radius 1 is 1.31 bits per heavy atom. The lowest BCUT2D eigenvalue weighted by Gasteiger charge is -2.14. The molecule has 0 radical (unpaired) electrons. The van der Waals surface area contributed by atoms with Crippen LogP contribution in [0.5, 0.6) is 5.88 Å². The third-order valence-corrected chi connectivity index (χ3v) is 1.94. The lowest BCUT2D eigenvalue weighted by atomic mass is 10.2. The van der Waals surface area contributed by atoms with Gasteiger partial charge in [0.15, 0.2) is 5.82 Å². The van der Waals surface area contributed by atoms with E-state index in [0.29, 0.717) is 18.2 Å². The molecule has 1 atom stereocenters. The van der Waals surface area contributed by atoms with Crippen molar-refractivity contribution >= 4 is 5.82 Å². The quantitative estimate of drug-likeness (QED) is 0.764. The molecule has 0 amide bonds. The highest BCUT2D eigenvalue weighted by Gasteiger charge is 2.08. The zero-order valence-corrected chi connectivity index (χ0v) is 9.97. The molecular formula is C11H19N3O2. The predicted molar refractivity (Wildman–Crippen MR) is 62.5 cm³/mol. The number of anilines is 1. The average molecular weight is 225 g/mol. The average Bonchev–Trinajstić information content (AvgIpc) is 2.26. The van der Waals surface area contributed by atoms with Crippen LogP contribution in [0.15, 0.2) is 12.4 Å². The molecule has 0 aliphatic heterocycles. The van der Waals surface area contributed by atoms with Crippen LogP contribution in [0.4, 0.5) is 5.82 Å². The standard InChI is InChI=1S/C11H19N3O2/c1-8(2)16-11-10(12-4-5-13-11)14-6-9(3)7-15/h4-5,8-9,15H,6-7H2,1-3H3,(H,12,14). The summed E-state index contributed by atoms with van der Waals surface area (Å²) in [5, 5.41) is 12.0. The minimum atomic E-state index is 0.0625. The van der Waals surface area contributed by atoms with E-state index in [1.807, 2.05) is 20.8 Å². The van der Waals surface area contributed by atoms with E-state index in [0.717, 1.165) is 0 Å². The van der Waals surface area contributed by atoms with Crippen LogP contribution in [0, 0.1) is 5.92 Å². The summed E-state index contributed by atoms with van der Waals surface area (Å²) in [5.41, 5.74) is 0. The molecular weight excluding hydrogens is 206 g/mol. The summed E-state index contributed by atoms with van der Waals surface area (Å²) < 4.78 is 5.51. The number of ether oxygens (including phenoxy) is 1.